The van der Waals surface area contributed by atoms with E-state index < -0.39 is 23.9 Å². The molecule has 0 saturated heterocycles. The second-order valence-corrected chi connectivity index (χ2v) is 5.91. The molecular weight excluding hydrogens is 362 g/mol. The van der Waals surface area contributed by atoms with Crippen LogP contribution in [0.2, 0.25) is 0 Å². The molecule has 0 aliphatic heterocycles. The van der Waals surface area contributed by atoms with Crippen molar-refractivity contribution in [2.75, 3.05) is 5.32 Å². The van der Waals surface area contributed by atoms with E-state index in [1.807, 2.05) is 0 Å². The van der Waals surface area contributed by atoms with E-state index in [2.05, 4.69) is 15.3 Å². The standard InChI is InChI=1S/C20H17N3O5/c1-2-16(18(24)23-13-6-3-5-12(11-13)19(25)26)28-20(27)14-7-4-8-15-17(14)22-10-9-21-15/h3-11,16H,2H2,1H3,(H,23,24)(H,25,26). The highest BCUT2D eigenvalue weighted by molar-refractivity contribution is 6.03. The highest BCUT2D eigenvalue weighted by atomic mass is 16.5. The van der Waals surface area contributed by atoms with Crippen LogP contribution >= 0.6 is 0 Å². The van der Waals surface area contributed by atoms with E-state index in [-0.39, 0.29) is 17.5 Å². The largest absolute Gasteiger partial charge is 0.478 e. The SMILES string of the molecule is CCC(OC(=O)c1cccc2nccnc12)C(=O)Nc1cccc(C(=O)O)c1. The molecule has 0 bridgehead atoms. The number of ether oxygens (including phenoxy) is 1. The summed E-state index contributed by atoms with van der Waals surface area (Å²) in [7, 11) is 0. The van der Waals surface area contributed by atoms with Crippen molar-refractivity contribution in [3.05, 3.63) is 66.0 Å². The molecule has 1 heterocycles. The summed E-state index contributed by atoms with van der Waals surface area (Å²) >= 11 is 0. The smallest absolute Gasteiger partial charge is 0.341 e. The van der Waals surface area contributed by atoms with E-state index in [0.717, 1.165) is 0 Å². The van der Waals surface area contributed by atoms with E-state index in [1.165, 1.54) is 30.6 Å². The molecule has 1 atom stereocenters. The molecule has 8 heteroatoms. The molecule has 0 saturated carbocycles. The summed E-state index contributed by atoms with van der Waals surface area (Å²) in [4.78, 5) is 44.4. The first-order valence-corrected chi connectivity index (χ1v) is 8.54. The lowest BCUT2D eigenvalue weighted by atomic mass is 10.1. The van der Waals surface area contributed by atoms with Gasteiger partial charge in [0, 0.05) is 18.1 Å². The fourth-order valence-electron chi connectivity index (χ4n) is 2.63. The van der Waals surface area contributed by atoms with Crippen LogP contribution in [0.4, 0.5) is 5.69 Å². The molecule has 0 aliphatic carbocycles. The quantitative estimate of drug-likeness (QED) is 0.632. The number of hydrogen-bond donors (Lipinski definition) is 2. The van der Waals surface area contributed by atoms with Crippen LogP contribution in [0.25, 0.3) is 11.0 Å². The molecule has 1 unspecified atom stereocenters. The maximum Gasteiger partial charge on any atom is 0.341 e. The normalized spacial score (nSPS) is 11.6. The van der Waals surface area contributed by atoms with E-state index in [0.29, 0.717) is 16.7 Å². The molecule has 1 amide bonds. The summed E-state index contributed by atoms with van der Waals surface area (Å²) in [6.45, 7) is 1.70. The number of nitrogens with zero attached hydrogens (tertiary/aromatic N) is 2. The van der Waals surface area contributed by atoms with Gasteiger partial charge in [0.15, 0.2) is 6.10 Å². The number of fused-ring (bicyclic) bond motifs is 1. The van der Waals surface area contributed by atoms with Crippen molar-refractivity contribution in [3.8, 4) is 0 Å². The van der Waals surface area contributed by atoms with Crippen molar-refractivity contribution < 1.29 is 24.2 Å². The Morgan fingerprint density at radius 2 is 1.86 bits per heavy atom. The number of benzene rings is 2. The van der Waals surface area contributed by atoms with Gasteiger partial charge in [-0.15, -0.1) is 0 Å². The monoisotopic (exact) mass is 379 g/mol. The highest BCUT2D eigenvalue weighted by Crippen LogP contribution is 2.17. The molecule has 8 nitrogen and oxygen atoms in total. The van der Waals surface area contributed by atoms with Crippen LogP contribution in [0, 0.1) is 0 Å². The average Bonchev–Trinajstić information content (AvgIpc) is 2.71. The van der Waals surface area contributed by atoms with E-state index in [9.17, 15) is 14.4 Å². The first-order chi connectivity index (χ1) is 13.5. The third-order valence-electron chi connectivity index (χ3n) is 4.01. The Kier molecular flexibility index (Phi) is 5.59. The summed E-state index contributed by atoms with van der Waals surface area (Å²) < 4.78 is 5.37. The van der Waals surface area contributed by atoms with Crippen molar-refractivity contribution in [3.63, 3.8) is 0 Å². The molecule has 2 N–H and O–H groups in total. The zero-order valence-electron chi connectivity index (χ0n) is 15.0. The first-order valence-electron chi connectivity index (χ1n) is 8.54. The molecule has 3 rings (SSSR count). The number of anilines is 1. The van der Waals surface area contributed by atoms with Crippen LogP contribution in [-0.4, -0.2) is 39.0 Å². The Balaban J connectivity index is 1.76. The summed E-state index contributed by atoms with van der Waals surface area (Å²) in [5.41, 5.74) is 1.48. The van der Waals surface area contributed by atoms with Crippen LogP contribution in [0.15, 0.2) is 54.9 Å². The number of esters is 1. The summed E-state index contributed by atoms with van der Waals surface area (Å²) in [5, 5.41) is 11.6. The van der Waals surface area contributed by atoms with Gasteiger partial charge in [0.05, 0.1) is 16.6 Å². The Bertz CT molecular complexity index is 1050. The number of aromatic nitrogens is 2. The van der Waals surface area contributed by atoms with Crippen LogP contribution < -0.4 is 5.32 Å². The van der Waals surface area contributed by atoms with Crippen molar-refractivity contribution in [1.82, 2.24) is 9.97 Å². The van der Waals surface area contributed by atoms with Gasteiger partial charge in [0.2, 0.25) is 0 Å². The summed E-state index contributed by atoms with van der Waals surface area (Å²) in [6, 6.07) is 10.7. The third kappa shape index (κ3) is 4.12. The van der Waals surface area contributed by atoms with E-state index in [4.69, 9.17) is 9.84 Å². The fourth-order valence-corrected chi connectivity index (χ4v) is 2.63. The minimum Gasteiger partial charge on any atom is -0.478 e. The molecule has 142 valence electrons. The van der Waals surface area contributed by atoms with E-state index >= 15 is 0 Å². The minimum absolute atomic E-state index is 0.0390. The van der Waals surface area contributed by atoms with Crippen LogP contribution in [0.5, 0.6) is 0 Å². The lowest BCUT2D eigenvalue weighted by Gasteiger charge is -2.16. The second-order valence-electron chi connectivity index (χ2n) is 5.91. The number of amides is 1. The summed E-state index contributed by atoms with van der Waals surface area (Å²) in [5.74, 6) is -2.34. The van der Waals surface area contributed by atoms with Gasteiger partial charge in [-0.3, -0.25) is 14.8 Å². The third-order valence-corrected chi connectivity index (χ3v) is 4.01. The Labute approximate surface area is 160 Å². The van der Waals surface area contributed by atoms with E-state index in [1.54, 1.807) is 31.2 Å². The zero-order valence-corrected chi connectivity index (χ0v) is 15.0. The van der Waals surface area contributed by atoms with Crippen molar-refractivity contribution in [2.24, 2.45) is 0 Å². The van der Waals surface area contributed by atoms with Crippen LogP contribution in [-0.2, 0) is 9.53 Å². The van der Waals surface area contributed by atoms with Gasteiger partial charge >= 0.3 is 11.9 Å². The zero-order chi connectivity index (χ0) is 20.1. The molecule has 0 aliphatic rings. The first kappa shape index (κ1) is 19.0. The number of nitrogens with one attached hydrogen (secondary N) is 1. The van der Waals surface area contributed by atoms with Crippen molar-refractivity contribution in [2.45, 2.75) is 19.4 Å². The number of aromatic carboxylic acids is 1. The molecular formula is C20H17N3O5. The fraction of sp³-hybridized carbons (Fsp3) is 0.150. The van der Waals surface area contributed by atoms with Crippen LogP contribution in [0.1, 0.15) is 34.1 Å². The molecule has 3 aromatic rings. The predicted octanol–water partition coefficient (Wildman–Crippen LogP) is 2.90. The minimum atomic E-state index is -1.10. The lowest BCUT2D eigenvalue weighted by molar-refractivity contribution is -0.124. The molecule has 1 aromatic heterocycles. The van der Waals surface area contributed by atoms with Gasteiger partial charge in [0.25, 0.3) is 5.91 Å². The highest BCUT2D eigenvalue weighted by Gasteiger charge is 2.23. The lowest BCUT2D eigenvalue weighted by Crippen LogP contribution is -2.32. The van der Waals surface area contributed by atoms with Crippen molar-refractivity contribution in [1.29, 1.82) is 0 Å². The Hall–Kier alpha value is -3.81. The second kappa shape index (κ2) is 8.26. The number of carboxylic acids is 1. The number of para-hydroxylation sites is 1. The number of carbonyl (C=O) groups is 3. The van der Waals surface area contributed by atoms with Crippen molar-refractivity contribution >= 4 is 34.6 Å². The molecule has 0 radical (unpaired) electrons. The number of carboxylic acid groups (broad SMARTS) is 1. The van der Waals surface area contributed by atoms with Gasteiger partial charge in [0.1, 0.15) is 5.52 Å². The van der Waals surface area contributed by atoms with Gasteiger partial charge in [-0.05, 0) is 36.8 Å². The van der Waals surface area contributed by atoms with Gasteiger partial charge in [-0.1, -0.05) is 19.1 Å². The Morgan fingerprint density at radius 1 is 1.11 bits per heavy atom. The Morgan fingerprint density at radius 3 is 2.61 bits per heavy atom. The molecule has 28 heavy (non-hydrogen) atoms. The number of rotatable bonds is 6. The predicted molar refractivity (Wildman–Crippen MR) is 101 cm³/mol. The average molecular weight is 379 g/mol. The molecule has 0 fully saturated rings. The number of hydrogen-bond acceptors (Lipinski definition) is 6. The maximum atomic E-state index is 12.6. The van der Waals surface area contributed by atoms with Crippen LogP contribution in [0.3, 0.4) is 0 Å². The van der Waals surface area contributed by atoms with Gasteiger partial charge in [-0.2, -0.15) is 0 Å². The van der Waals surface area contributed by atoms with Gasteiger partial charge < -0.3 is 15.2 Å². The van der Waals surface area contributed by atoms with Gasteiger partial charge in [-0.25, -0.2) is 9.59 Å². The molecule has 0 spiro atoms. The summed E-state index contributed by atoms with van der Waals surface area (Å²) in [6.07, 6.45) is 2.18. The molecule has 2 aromatic carbocycles. The number of carbonyl (C=O) groups excluding carboxylic acids is 2. The topological polar surface area (TPSA) is 118 Å². The maximum absolute atomic E-state index is 12.6.